The van der Waals surface area contributed by atoms with E-state index in [1.54, 1.807) is 30.5 Å². The van der Waals surface area contributed by atoms with E-state index in [2.05, 4.69) is 15.3 Å². The van der Waals surface area contributed by atoms with E-state index < -0.39 is 9.84 Å². The van der Waals surface area contributed by atoms with Gasteiger partial charge in [0.15, 0.2) is 15.0 Å². The number of benzene rings is 1. The maximum Gasteiger partial charge on any atom is 0.187 e. The summed E-state index contributed by atoms with van der Waals surface area (Å²) in [5, 5.41) is 14.7. The first-order valence-electron chi connectivity index (χ1n) is 7.29. The molecule has 0 saturated heterocycles. The smallest absolute Gasteiger partial charge is 0.187 e. The summed E-state index contributed by atoms with van der Waals surface area (Å²) in [6.07, 6.45) is 2.80. The standard InChI is InChI=1S/C17H14N4O2S2/c1-25(22,23)11-12-2-4-14(5-3-12)20-17-21-16(10-24-17)13-6-7-19-15(8-13)9-18/h2-8,10H,11H2,1H3,(H,20,21). The van der Waals surface area contributed by atoms with Crippen LogP contribution < -0.4 is 5.32 Å². The van der Waals surface area contributed by atoms with Crippen molar-refractivity contribution in [3.05, 3.63) is 59.2 Å². The van der Waals surface area contributed by atoms with Gasteiger partial charge < -0.3 is 5.32 Å². The van der Waals surface area contributed by atoms with Crippen molar-refractivity contribution >= 4 is 32.0 Å². The Balaban J connectivity index is 1.74. The SMILES string of the molecule is CS(=O)(=O)Cc1ccc(Nc2nc(-c3ccnc(C#N)c3)cs2)cc1. The van der Waals surface area contributed by atoms with Crippen LogP contribution in [0.4, 0.5) is 10.8 Å². The molecule has 1 aromatic carbocycles. The van der Waals surface area contributed by atoms with E-state index in [1.165, 1.54) is 17.6 Å². The maximum atomic E-state index is 11.3. The molecular weight excluding hydrogens is 356 g/mol. The summed E-state index contributed by atoms with van der Waals surface area (Å²) in [6.45, 7) is 0. The lowest BCUT2D eigenvalue weighted by molar-refractivity contribution is 0.601. The van der Waals surface area contributed by atoms with Crippen molar-refractivity contribution in [1.29, 1.82) is 5.26 Å². The van der Waals surface area contributed by atoms with Crippen molar-refractivity contribution in [2.75, 3.05) is 11.6 Å². The molecule has 0 bridgehead atoms. The number of sulfone groups is 1. The number of hydrogen-bond donors (Lipinski definition) is 1. The second-order valence-electron chi connectivity index (χ2n) is 5.47. The average molecular weight is 370 g/mol. The minimum atomic E-state index is -3.04. The number of hydrogen-bond acceptors (Lipinski definition) is 7. The number of aromatic nitrogens is 2. The largest absolute Gasteiger partial charge is 0.332 e. The molecule has 3 rings (SSSR count). The molecule has 0 saturated carbocycles. The molecule has 0 aliphatic carbocycles. The maximum absolute atomic E-state index is 11.3. The van der Waals surface area contributed by atoms with Gasteiger partial charge in [-0.25, -0.2) is 18.4 Å². The molecule has 0 radical (unpaired) electrons. The molecule has 2 heterocycles. The van der Waals surface area contributed by atoms with E-state index in [1.807, 2.05) is 23.6 Å². The predicted octanol–water partition coefficient (Wildman–Crippen LogP) is 3.36. The van der Waals surface area contributed by atoms with Crippen LogP contribution in [-0.4, -0.2) is 24.6 Å². The minimum Gasteiger partial charge on any atom is -0.332 e. The van der Waals surface area contributed by atoms with Gasteiger partial charge in [-0.1, -0.05) is 12.1 Å². The normalized spacial score (nSPS) is 11.0. The second kappa shape index (κ2) is 7.01. The second-order valence-corrected chi connectivity index (χ2v) is 8.47. The molecule has 8 heteroatoms. The van der Waals surface area contributed by atoms with Gasteiger partial charge in [-0.05, 0) is 29.8 Å². The highest BCUT2D eigenvalue weighted by Crippen LogP contribution is 2.27. The van der Waals surface area contributed by atoms with Crippen LogP contribution in [0.25, 0.3) is 11.3 Å². The van der Waals surface area contributed by atoms with Crippen LogP contribution in [0, 0.1) is 11.3 Å². The van der Waals surface area contributed by atoms with Crippen molar-refractivity contribution in [3.8, 4) is 17.3 Å². The van der Waals surface area contributed by atoms with Crippen molar-refractivity contribution in [2.24, 2.45) is 0 Å². The molecule has 0 spiro atoms. The lowest BCUT2D eigenvalue weighted by Crippen LogP contribution is -2.00. The Morgan fingerprint density at radius 3 is 2.68 bits per heavy atom. The first-order chi connectivity index (χ1) is 11.9. The predicted molar refractivity (Wildman–Crippen MR) is 98.3 cm³/mol. The Bertz CT molecular complexity index is 1040. The third-order valence-electron chi connectivity index (χ3n) is 3.31. The highest BCUT2D eigenvalue weighted by Gasteiger charge is 2.07. The Labute approximate surface area is 149 Å². The topological polar surface area (TPSA) is 95.7 Å². The van der Waals surface area contributed by atoms with Gasteiger partial charge in [0.25, 0.3) is 0 Å². The van der Waals surface area contributed by atoms with Crippen LogP contribution in [0.15, 0.2) is 48.0 Å². The van der Waals surface area contributed by atoms with Gasteiger partial charge in [0.1, 0.15) is 11.8 Å². The summed E-state index contributed by atoms with van der Waals surface area (Å²) in [6, 6.07) is 12.7. The monoisotopic (exact) mass is 370 g/mol. The molecule has 0 aliphatic heterocycles. The molecule has 0 amide bonds. The van der Waals surface area contributed by atoms with E-state index in [-0.39, 0.29) is 5.75 Å². The summed E-state index contributed by atoms with van der Waals surface area (Å²) in [5.41, 5.74) is 3.51. The molecule has 0 aliphatic rings. The zero-order valence-corrected chi connectivity index (χ0v) is 14.9. The molecule has 126 valence electrons. The molecule has 0 atom stereocenters. The molecule has 25 heavy (non-hydrogen) atoms. The number of nitriles is 1. The third-order valence-corrected chi connectivity index (χ3v) is 4.92. The third kappa shape index (κ3) is 4.62. The summed E-state index contributed by atoms with van der Waals surface area (Å²) < 4.78 is 22.6. The number of anilines is 2. The van der Waals surface area contributed by atoms with Crippen molar-refractivity contribution < 1.29 is 8.42 Å². The first kappa shape index (κ1) is 17.1. The van der Waals surface area contributed by atoms with Gasteiger partial charge in [0.05, 0.1) is 11.4 Å². The quantitative estimate of drug-likeness (QED) is 0.740. The number of pyridine rings is 1. The number of thiazole rings is 1. The van der Waals surface area contributed by atoms with Crippen LogP contribution in [-0.2, 0) is 15.6 Å². The van der Waals surface area contributed by atoms with Crippen LogP contribution in [0.2, 0.25) is 0 Å². The van der Waals surface area contributed by atoms with Crippen LogP contribution in [0.5, 0.6) is 0 Å². The minimum absolute atomic E-state index is 0.0257. The molecule has 1 N–H and O–H groups in total. The Morgan fingerprint density at radius 1 is 1.24 bits per heavy atom. The van der Waals surface area contributed by atoms with Gasteiger partial charge in [-0.2, -0.15) is 5.26 Å². The zero-order chi connectivity index (χ0) is 17.9. The molecule has 6 nitrogen and oxygen atoms in total. The molecule has 3 aromatic rings. The van der Waals surface area contributed by atoms with E-state index in [9.17, 15) is 8.42 Å². The lowest BCUT2D eigenvalue weighted by atomic mass is 10.2. The number of rotatable bonds is 5. The summed E-state index contributed by atoms with van der Waals surface area (Å²) in [5.74, 6) is 0.0257. The average Bonchev–Trinajstić information content (AvgIpc) is 3.04. The number of nitrogens with one attached hydrogen (secondary N) is 1. The highest BCUT2D eigenvalue weighted by atomic mass is 32.2. The van der Waals surface area contributed by atoms with E-state index in [0.29, 0.717) is 10.8 Å². The van der Waals surface area contributed by atoms with Gasteiger partial charge in [-0.15, -0.1) is 11.3 Å². The van der Waals surface area contributed by atoms with Crippen molar-refractivity contribution in [3.63, 3.8) is 0 Å². The first-order valence-corrected chi connectivity index (χ1v) is 10.2. The molecule has 0 fully saturated rings. The highest BCUT2D eigenvalue weighted by molar-refractivity contribution is 7.89. The Hall–Kier alpha value is -2.76. The van der Waals surface area contributed by atoms with Gasteiger partial charge in [0.2, 0.25) is 0 Å². The summed E-state index contributed by atoms with van der Waals surface area (Å²) >= 11 is 1.45. The fourth-order valence-electron chi connectivity index (χ4n) is 2.23. The lowest BCUT2D eigenvalue weighted by Gasteiger charge is -2.04. The van der Waals surface area contributed by atoms with Crippen molar-refractivity contribution in [2.45, 2.75) is 5.75 Å². The Morgan fingerprint density at radius 2 is 2.00 bits per heavy atom. The zero-order valence-electron chi connectivity index (χ0n) is 13.3. The molecular formula is C17H14N4O2S2. The molecule has 0 unspecified atom stereocenters. The Kier molecular flexibility index (Phi) is 4.79. The van der Waals surface area contributed by atoms with Crippen LogP contribution in [0.1, 0.15) is 11.3 Å². The van der Waals surface area contributed by atoms with E-state index in [4.69, 9.17) is 5.26 Å². The van der Waals surface area contributed by atoms with Crippen LogP contribution in [0.3, 0.4) is 0 Å². The van der Waals surface area contributed by atoms with E-state index in [0.717, 1.165) is 22.5 Å². The summed E-state index contributed by atoms with van der Waals surface area (Å²) in [4.78, 5) is 8.45. The van der Waals surface area contributed by atoms with Crippen LogP contribution >= 0.6 is 11.3 Å². The molecule has 2 aromatic heterocycles. The fourth-order valence-corrected chi connectivity index (χ4v) is 3.76. The van der Waals surface area contributed by atoms with Gasteiger partial charge >= 0.3 is 0 Å². The summed E-state index contributed by atoms with van der Waals surface area (Å²) in [7, 11) is -3.04. The number of nitrogens with zero attached hydrogens (tertiary/aromatic N) is 3. The van der Waals surface area contributed by atoms with Gasteiger partial charge in [-0.3, -0.25) is 0 Å². The van der Waals surface area contributed by atoms with Gasteiger partial charge in [0, 0.05) is 29.1 Å². The van der Waals surface area contributed by atoms with Crippen molar-refractivity contribution in [1.82, 2.24) is 9.97 Å². The fraction of sp³-hybridized carbons (Fsp3) is 0.118. The van der Waals surface area contributed by atoms with E-state index >= 15 is 0 Å².